The molecule has 0 atom stereocenters. The molecule has 5 nitrogen and oxygen atoms in total. The zero-order chi connectivity index (χ0) is 10.2. The summed E-state index contributed by atoms with van der Waals surface area (Å²) >= 11 is 0. The van der Waals surface area contributed by atoms with Crippen molar-refractivity contribution < 1.29 is 4.79 Å². The van der Waals surface area contributed by atoms with Gasteiger partial charge in [-0.15, -0.1) is 0 Å². The van der Waals surface area contributed by atoms with Crippen LogP contribution in [0.3, 0.4) is 0 Å². The van der Waals surface area contributed by atoms with Gasteiger partial charge in [0.05, 0.1) is 5.54 Å². The Balaban J connectivity index is 2.02. The van der Waals surface area contributed by atoms with Crippen molar-refractivity contribution in [2.24, 2.45) is 0 Å². The molecular formula is C9H14N4O. The van der Waals surface area contributed by atoms with Crippen LogP contribution in [-0.2, 0) is 0 Å². The molecule has 14 heavy (non-hydrogen) atoms. The largest absolute Gasteiger partial charge is 0.343 e. The second kappa shape index (κ2) is 3.09. The minimum Gasteiger partial charge on any atom is -0.343 e. The fourth-order valence-corrected chi connectivity index (χ4v) is 1.46. The maximum atomic E-state index is 11.6. The zero-order valence-electron chi connectivity index (χ0n) is 8.35. The lowest BCUT2D eigenvalue weighted by molar-refractivity contribution is 0.0867. The second-order valence-corrected chi connectivity index (χ2v) is 4.05. The SMILES string of the molecule is Cc1cc(C(=O)NC2(C)CNC2)n[nH]1. The Bertz CT molecular complexity index is 353. The smallest absolute Gasteiger partial charge is 0.272 e. The van der Waals surface area contributed by atoms with Gasteiger partial charge < -0.3 is 10.6 Å². The molecule has 1 aromatic heterocycles. The van der Waals surface area contributed by atoms with E-state index in [2.05, 4.69) is 20.8 Å². The maximum absolute atomic E-state index is 11.6. The van der Waals surface area contributed by atoms with Crippen molar-refractivity contribution >= 4 is 5.91 Å². The van der Waals surface area contributed by atoms with Crippen molar-refractivity contribution in [2.75, 3.05) is 13.1 Å². The predicted molar refractivity (Wildman–Crippen MR) is 52.1 cm³/mol. The van der Waals surface area contributed by atoms with Crippen LogP contribution in [-0.4, -0.2) is 34.7 Å². The van der Waals surface area contributed by atoms with Gasteiger partial charge in [-0.05, 0) is 19.9 Å². The molecule has 1 amide bonds. The number of carbonyl (C=O) groups is 1. The molecule has 1 fully saturated rings. The molecule has 1 aliphatic heterocycles. The van der Waals surface area contributed by atoms with Gasteiger partial charge in [-0.2, -0.15) is 5.10 Å². The third kappa shape index (κ3) is 1.63. The lowest BCUT2D eigenvalue weighted by Crippen LogP contribution is -2.67. The minimum absolute atomic E-state index is 0.107. The number of rotatable bonds is 2. The van der Waals surface area contributed by atoms with Crippen LogP contribution in [0.1, 0.15) is 23.1 Å². The van der Waals surface area contributed by atoms with E-state index in [1.165, 1.54) is 0 Å². The number of nitrogens with zero attached hydrogens (tertiary/aromatic N) is 1. The van der Waals surface area contributed by atoms with Crippen molar-refractivity contribution in [3.8, 4) is 0 Å². The number of H-pyrrole nitrogens is 1. The number of hydrogen-bond donors (Lipinski definition) is 3. The number of aromatic amines is 1. The van der Waals surface area contributed by atoms with Gasteiger partial charge in [-0.3, -0.25) is 9.89 Å². The number of carbonyl (C=O) groups excluding carboxylic acids is 1. The first-order chi connectivity index (χ1) is 6.59. The van der Waals surface area contributed by atoms with Gasteiger partial charge in [-0.25, -0.2) is 0 Å². The highest BCUT2D eigenvalue weighted by Crippen LogP contribution is 2.10. The number of aryl methyl sites for hydroxylation is 1. The molecule has 2 rings (SSSR count). The van der Waals surface area contributed by atoms with E-state index in [1.54, 1.807) is 6.07 Å². The van der Waals surface area contributed by atoms with Crippen LogP contribution in [0.25, 0.3) is 0 Å². The van der Waals surface area contributed by atoms with Crippen molar-refractivity contribution in [2.45, 2.75) is 19.4 Å². The summed E-state index contributed by atoms with van der Waals surface area (Å²) in [7, 11) is 0. The van der Waals surface area contributed by atoms with E-state index < -0.39 is 0 Å². The van der Waals surface area contributed by atoms with E-state index in [0.717, 1.165) is 18.8 Å². The van der Waals surface area contributed by atoms with Gasteiger partial charge in [0.25, 0.3) is 5.91 Å². The van der Waals surface area contributed by atoms with Gasteiger partial charge >= 0.3 is 0 Å². The average Bonchev–Trinajstić information content (AvgIpc) is 2.49. The Morgan fingerprint density at radius 3 is 2.79 bits per heavy atom. The monoisotopic (exact) mass is 194 g/mol. The topological polar surface area (TPSA) is 69.8 Å². The summed E-state index contributed by atoms with van der Waals surface area (Å²) in [4.78, 5) is 11.6. The van der Waals surface area contributed by atoms with Crippen LogP contribution >= 0.6 is 0 Å². The standard InChI is InChI=1S/C9H14N4O/c1-6-3-7(13-12-6)8(14)11-9(2)4-10-5-9/h3,10H,4-5H2,1-2H3,(H,11,14)(H,12,13). The van der Waals surface area contributed by atoms with Crippen molar-refractivity contribution in [1.82, 2.24) is 20.8 Å². The number of amides is 1. The number of aromatic nitrogens is 2. The fourth-order valence-electron chi connectivity index (χ4n) is 1.46. The average molecular weight is 194 g/mol. The van der Waals surface area contributed by atoms with E-state index in [9.17, 15) is 4.79 Å². The molecule has 3 N–H and O–H groups in total. The summed E-state index contributed by atoms with van der Waals surface area (Å²) in [5, 5.41) is 12.7. The lowest BCUT2D eigenvalue weighted by Gasteiger charge is -2.39. The quantitative estimate of drug-likeness (QED) is 0.611. The van der Waals surface area contributed by atoms with E-state index >= 15 is 0 Å². The molecule has 0 aliphatic carbocycles. The minimum atomic E-state index is -0.113. The van der Waals surface area contributed by atoms with Gasteiger partial charge in [0.15, 0.2) is 0 Å². The number of hydrogen-bond acceptors (Lipinski definition) is 3. The first kappa shape index (κ1) is 9.21. The molecule has 0 radical (unpaired) electrons. The molecule has 76 valence electrons. The summed E-state index contributed by atoms with van der Waals surface area (Å²) in [5.41, 5.74) is 1.24. The maximum Gasteiger partial charge on any atom is 0.272 e. The van der Waals surface area contributed by atoms with Crippen LogP contribution in [0.4, 0.5) is 0 Å². The molecule has 1 aromatic rings. The van der Waals surface area contributed by atoms with Gasteiger partial charge in [0.1, 0.15) is 5.69 Å². The Kier molecular flexibility index (Phi) is 2.03. The molecule has 2 heterocycles. The Hall–Kier alpha value is -1.36. The molecule has 1 saturated heterocycles. The first-order valence-electron chi connectivity index (χ1n) is 4.64. The highest BCUT2D eigenvalue weighted by Gasteiger charge is 2.33. The van der Waals surface area contributed by atoms with E-state index in [-0.39, 0.29) is 11.4 Å². The van der Waals surface area contributed by atoms with Crippen molar-refractivity contribution in [1.29, 1.82) is 0 Å². The van der Waals surface area contributed by atoms with Crippen LogP contribution < -0.4 is 10.6 Å². The fraction of sp³-hybridized carbons (Fsp3) is 0.556. The molecule has 1 aliphatic rings. The zero-order valence-corrected chi connectivity index (χ0v) is 8.35. The summed E-state index contributed by atoms with van der Waals surface area (Å²) in [6, 6.07) is 1.74. The first-order valence-corrected chi connectivity index (χ1v) is 4.64. The molecule has 0 unspecified atom stereocenters. The number of nitrogens with one attached hydrogen (secondary N) is 3. The molecule has 5 heteroatoms. The third-order valence-electron chi connectivity index (χ3n) is 2.38. The molecule has 0 saturated carbocycles. The van der Waals surface area contributed by atoms with Gasteiger partial charge in [-0.1, -0.05) is 0 Å². The highest BCUT2D eigenvalue weighted by atomic mass is 16.2. The van der Waals surface area contributed by atoms with Crippen LogP contribution in [0, 0.1) is 6.92 Å². The Morgan fingerprint density at radius 2 is 2.36 bits per heavy atom. The molecular weight excluding hydrogens is 180 g/mol. The van der Waals surface area contributed by atoms with Crippen molar-refractivity contribution in [3.05, 3.63) is 17.5 Å². The van der Waals surface area contributed by atoms with Gasteiger partial charge in [0.2, 0.25) is 0 Å². The Morgan fingerprint density at radius 1 is 1.64 bits per heavy atom. The van der Waals surface area contributed by atoms with Crippen LogP contribution in [0.15, 0.2) is 6.07 Å². The summed E-state index contributed by atoms with van der Waals surface area (Å²) < 4.78 is 0. The van der Waals surface area contributed by atoms with Crippen molar-refractivity contribution in [3.63, 3.8) is 0 Å². The normalized spacial score (nSPS) is 18.7. The highest BCUT2D eigenvalue weighted by molar-refractivity contribution is 5.92. The van der Waals surface area contributed by atoms with E-state index in [0.29, 0.717) is 5.69 Å². The Labute approximate surface area is 82.3 Å². The summed E-state index contributed by atoms with van der Waals surface area (Å²) in [6.45, 7) is 5.53. The van der Waals surface area contributed by atoms with E-state index in [1.807, 2.05) is 13.8 Å². The summed E-state index contributed by atoms with van der Waals surface area (Å²) in [5.74, 6) is -0.113. The lowest BCUT2D eigenvalue weighted by atomic mass is 9.95. The van der Waals surface area contributed by atoms with Crippen LogP contribution in [0.2, 0.25) is 0 Å². The predicted octanol–water partition coefficient (Wildman–Crippen LogP) is -0.190. The molecule has 0 spiro atoms. The van der Waals surface area contributed by atoms with E-state index in [4.69, 9.17) is 0 Å². The van der Waals surface area contributed by atoms with Gasteiger partial charge in [0, 0.05) is 18.8 Å². The third-order valence-corrected chi connectivity index (χ3v) is 2.38. The molecule has 0 aromatic carbocycles. The van der Waals surface area contributed by atoms with Crippen LogP contribution in [0.5, 0.6) is 0 Å². The summed E-state index contributed by atoms with van der Waals surface area (Å²) in [6.07, 6.45) is 0. The molecule has 0 bridgehead atoms. The second-order valence-electron chi connectivity index (χ2n) is 4.05.